The van der Waals surface area contributed by atoms with Crippen LogP contribution in [0.15, 0.2) is 83.6 Å². The molecule has 0 aliphatic heterocycles. The van der Waals surface area contributed by atoms with Crippen LogP contribution in [0, 0.1) is 34.0 Å². The number of thiocyanates is 1. The van der Waals surface area contributed by atoms with Gasteiger partial charge >= 0.3 is 0 Å². The maximum absolute atomic E-state index is 11.7. The van der Waals surface area contributed by atoms with E-state index >= 15 is 0 Å². The molecule has 0 fully saturated rings. The van der Waals surface area contributed by atoms with Gasteiger partial charge < -0.3 is 5.11 Å². The van der Waals surface area contributed by atoms with Crippen LogP contribution in [0.1, 0.15) is 106 Å². The maximum atomic E-state index is 11.7. The molecule has 0 bridgehead atoms. The van der Waals surface area contributed by atoms with E-state index in [0.717, 1.165) is 76.5 Å². The molecular weight excluding hydrogens is 813 g/mol. The van der Waals surface area contributed by atoms with Gasteiger partial charge in [0, 0.05) is 54.8 Å². The molecule has 0 unspecified atom stereocenters. The zero-order chi connectivity index (χ0) is 36.4. The summed E-state index contributed by atoms with van der Waals surface area (Å²) in [7, 11) is 0. The summed E-state index contributed by atoms with van der Waals surface area (Å²) in [6.45, 7) is 21.5. The molecule has 1 radical (unpaired) electrons. The molecule has 50 heavy (non-hydrogen) atoms. The molecule has 0 saturated carbocycles. The predicted octanol–water partition coefficient (Wildman–Crippen LogP) is 12.7. The largest absolute Gasteiger partial charge is 0.512 e. The number of aromatic nitrogens is 1. The molecule has 4 nitrogen and oxygen atoms in total. The Bertz CT molecular complexity index is 1770. The van der Waals surface area contributed by atoms with Crippen molar-refractivity contribution in [2.75, 3.05) is 0 Å². The van der Waals surface area contributed by atoms with Crippen LogP contribution in [-0.2, 0) is 36.7 Å². The predicted molar refractivity (Wildman–Crippen MR) is 209 cm³/mol. The van der Waals surface area contributed by atoms with Gasteiger partial charge in [0.05, 0.1) is 5.76 Å². The number of hydrogen-bond acceptors (Lipinski definition) is 5. The molecule has 0 aliphatic carbocycles. The van der Waals surface area contributed by atoms with Gasteiger partial charge in [0.2, 0.25) is 0 Å². The number of thioether (sulfide) groups is 1. The monoisotopic (exact) mass is 868 g/mol. The molecule has 1 aromatic heterocycles. The Kier molecular flexibility index (Phi) is 16.7. The fourth-order valence-electron chi connectivity index (χ4n) is 6.13. The number of ketones is 1. The first-order chi connectivity index (χ1) is 23.1. The summed E-state index contributed by atoms with van der Waals surface area (Å²) < 4.78 is 0. The average Bonchev–Trinajstić information content (AvgIpc) is 3.05. The second kappa shape index (κ2) is 19.4. The van der Waals surface area contributed by atoms with E-state index in [1.165, 1.54) is 22.6 Å². The summed E-state index contributed by atoms with van der Waals surface area (Å²) in [5.41, 5.74) is 6.79. The third-order valence-electron chi connectivity index (χ3n) is 8.96. The van der Waals surface area contributed by atoms with E-state index in [-0.39, 0.29) is 54.3 Å². The number of fused-ring (bicyclic) bond motifs is 1. The summed E-state index contributed by atoms with van der Waals surface area (Å²) in [5.74, 6) is 0.547. The van der Waals surface area contributed by atoms with Gasteiger partial charge in [0.15, 0.2) is 5.78 Å². The van der Waals surface area contributed by atoms with Gasteiger partial charge in [-0.2, -0.15) is 5.26 Å². The van der Waals surface area contributed by atoms with E-state index in [4.69, 9.17) is 4.98 Å². The number of nitrogens with zero attached hydrogens (tertiary/aromatic N) is 2. The molecule has 4 aromatic rings. The number of carbonyl (C=O) groups is 1. The van der Waals surface area contributed by atoms with Gasteiger partial charge in [-0.1, -0.05) is 129 Å². The Morgan fingerprint density at radius 1 is 0.920 bits per heavy atom. The zero-order valence-electron chi connectivity index (χ0n) is 31.6. The molecular formula is C44H55IrN2O2S-. The smallest absolute Gasteiger partial charge is 0.162 e. The molecule has 0 atom stereocenters. The van der Waals surface area contributed by atoms with Crippen LogP contribution in [-0.4, -0.2) is 15.9 Å². The Labute approximate surface area is 319 Å². The van der Waals surface area contributed by atoms with Crippen molar-refractivity contribution in [3.8, 4) is 27.8 Å². The van der Waals surface area contributed by atoms with Crippen LogP contribution in [0.25, 0.3) is 33.2 Å². The van der Waals surface area contributed by atoms with Gasteiger partial charge in [-0.3, -0.25) is 9.78 Å². The van der Waals surface area contributed by atoms with Crippen LogP contribution < -0.4 is 0 Å². The Balaban J connectivity index is 0.000000461. The molecule has 269 valence electrons. The number of aliphatic hydroxyl groups excluding tert-OH is 1. The van der Waals surface area contributed by atoms with Gasteiger partial charge in [0.25, 0.3) is 0 Å². The molecule has 0 aliphatic rings. The molecule has 6 heteroatoms. The summed E-state index contributed by atoms with van der Waals surface area (Å²) >= 11 is 1.16. The second-order valence-electron chi connectivity index (χ2n) is 15.1. The Morgan fingerprint density at radius 2 is 1.52 bits per heavy atom. The van der Waals surface area contributed by atoms with Crippen LogP contribution >= 0.6 is 11.8 Å². The summed E-state index contributed by atoms with van der Waals surface area (Å²) in [5, 5.41) is 23.7. The van der Waals surface area contributed by atoms with Gasteiger partial charge in [-0.15, -0.1) is 29.1 Å². The van der Waals surface area contributed by atoms with Crippen molar-refractivity contribution in [1.82, 2.24) is 4.98 Å². The first-order valence-corrected chi connectivity index (χ1v) is 18.5. The number of benzene rings is 3. The Hall–Kier alpha value is -3.23. The summed E-state index contributed by atoms with van der Waals surface area (Å²) in [4.78, 5) is 17.3. The second-order valence-corrected chi connectivity index (χ2v) is 15.9. The van der Waals surface area contributed by atoms with E-state index in [1.807, 2.05) is 33.9 Å². The summed E-state index contributed by atoms with van der Waals surface area (Å²) in [6.07, 6.45) is 7.75. The summed E-state index contributed by atoms with van der Waals surface area (Å²) in [6, 6.07) is 25.0. The normalized spacial score (nSPS) is 11.9. The minimum absolute atomic E-state index is 0. The van der Waals surface area contributed by atoms with Crippen molar-refractivity contribution in [2.24, 2.45) is 17.3 Å². The molecule has 0 spiro atoms. The van der Waals surface area contributed by atoms with Crippen molar-refractivity contribution in [3.63, 3.8) is 0 Å². The van der Waals surface area contributed by atoms with E-state index in [1.54, 1.807) is 0 Å². The third kappa shape index (κ3) is 11.9. The molecule has 0 saturated heterocycles. The number of rotatable bonds is 11. The third-order valence-corrected chi connectivity index (χ3v) is 9.60. The number of pyridine rings is 1. The molecule has 1 N–H and O–H groups in total. The topological polar surface area (TPSA) is 74.0 Å². The van der Waals surface area contributed by atoms with Crippen LogP contribution in [0.4, 0.5) is 0 Å². The van der Waals surface area contributed by atoms with E-state index in [9.17, 15) is 15.2 Å². The minimum atomic E-state index is -0.00817. The SMILES string of the molecule is CC(C)(C)Cc1ccc(-c2cc(-c3[c-]c4ccccc4c(C(C)(C)C)c3)ncc2SC#N)cc1.CCC(CC)C(=O)/C=C(\O)C(CC)CC.[Ir]. The molecule has 4 rings (SSSR count). The van der Waals surface area contributed by atoms with Crippen molar-refractivity contribution < 1.29 is 30.0 Å². The molecule has 1 heterocycles. The number of aliphatic hydroxyl groups is 1. The number of carbonyl (C=O) groups excluding carboxylic acids is 1. The van der Waals surface area contributed by atoms with E-state index < -0.39 is 0 Å². The van der Waals surface area contributed by atoms with E-state index in [0.29, 0.717) is 0 Å². The van der Waals surface area contributed by atoms with Crippen molar-refractivity contribution in [1.29, 1.82) is 5.26 Å². The van der Waals surface area contributed by atoms with E-state index in [2.05, 4.69) is 114 Å². The molecule has 3 aromatic carbocycles. The van der Waals surface area contributed by atoms with Crippen LogP contribution in [0.3, 0.4) is 0 Å². The van der Waals surface area contributed by atoms with Crippen molar-refractivity contribution in [3.05, 3.63) is 95.9 Å². The fourth-order valence-corrected chi connectivity index (χ4v) is 6.62. The van der Waals surface area contributed by atoms with Crippen LogP contribution in [0.2, 0.25) is 0 Å². The van der Waals surface area contributed by atoms with Gasteiger partial charge in [-0.05, 0) is 71.4 Å². The first kappa shape index (κ1) is 42.9. The van der Waals surface area contributed by atoms with Crippen molar-refractivity contribution >= 4 is 28.3 Å². The van der Waals surface area contributed by atoms with Crippen LogP contribution in [0.5, 0.6) is 0 Å². The number of nitriles is 1. The van der Waals surface area contributed by atoms with Crippen molar-refractivity contribution in [2.45, 2.75) is 112 Å². The number of allylic oxidation sites excluding steroid dienone is 2. The zero-order valence-corrected chi connectivity index (χ0v) is 34.8. The first-order valence-electron chi connectivity index (χ1n) is 17.7. The standard InChI is InChI=1S/C31H31N2S.C13H24O2.Ir/c1-30(2,3)18-21-11-13-22(14-12-21)26-17-28(33-19-29(26)34-20-32)24-15-23-9-7-8-10-25(23)27(16-24)31(4,5)6;1-5-10(6-2)12(14)9-13(15)11(7-3)8-4;/h7-14,16-17,19H,18H2,1-6H3;9-11,14H,5-8H2,1-4H3;/q-1;;/b;12-9-;. The number of hydrogen-bond donors (Lipinski definition) is 1. The quantitative estimate of drug-likeness (QED) is 0.0534. The Morgan fingerprint density at radius 3 is 2.06 bits per heavy atom. The average molecular weight is 868 g/mol. The molecule has 0 amide bonds. The maximum Gasteiger partial charge on any atom is 0.162 e. The van der Waals surface area contributed by atoms with Gasteiger partial charge in [0.1, 0.15) is 5.40 Å². The fraction of sp³-hybridized carbons (Fsp3) is 0.432. The minimum Gasteiger partial charge on any atom is -0.512 e. The van der Waals surface area contributed by atoms with Gasteiger partial charge in [-0.25, -0.2) is 0 Å².